The summed E-state index contributed by atoms with van der Waals surface area (Å²) in [4.78, 5) is 19.1. The van der Waals surface area contributed by atoms with E-state index in [1.54, 1.807) is 18.2 Å². The highest BCUT2D eigenvalue weighted by Gasteiger charge is 2.35. The number of phenols is 1. The Balaban J connectivity index is 1.33. The molecule has 0 aliphatic carbocycles. The van der Waals surface area contributed by atoms with Gasteiger partial charge in [-0.3, -0.25) is 14.7 Å². The van der Waals surface area contributed by atoms with Crippen molar-refractivity contribution in [2.75, 3.05) is 6.54 Å². The highest BCUT2D eigenvalue weighted by molar-refractivity contribution is 5.87. The van der Waals surface area contributed by atoms with Crippen LogP contribution < -0.4 is 21.1 Å². The summed E-state index contributed by atoms with van der Waals surface area (Å²) in [5, 5.41) is 43.2. The Hall–Kier alpha value is -3.82. The van der Waals surface area contributed by atoms with Gasteiger partial charge in [-0.05, 0) is 72.1 Å². The highest BCUT2D eigenvalue weighted by Crippen LogP contribution is 2.32. The molecule has 10 heteroatoms. The topological polar surface area (TPSA) is 176 Å². The zero-order chi connectivity index (χ0) is 35.8. The predicted molar refractivity (Wildman–Crippen MR) is 193 cm³/mol. The average molecular weight is 686 g/mol. The Morgan fingerprint density at radius 1 is 1.10 bits per heavy atom. The Kier molecular flexibility index (Phi) is 13.0. The number of carbonyl (C=O) groups is 1. The van der Waals surface area contributed by atoms with Gasteiger partial charge in [-0.15, -0.1) is 0 Å². The number of aliphatic imine (C=N–C) groups is 1. The lowest BCUT2D eigenvalue weighted by molar-refractivity contribution is -0.885. The quantitative estimate of drug-likeness (QED) is 0.0799. The number of aromatic hydroxyl groups is 1. The molecule has 0 saturated heterocycles. The van der Waals surface area contributed by atoms with E-state index in [0.717, 1.165) is 64.1 Å². The average Bonchev–Trinajstić information content (AvgIpc) is 3.67. The molecule has 3 aliphatic heterocycles. The normalized spacial score (nSPS) is 21.4. The van der Waals surface area contributed by atoms with Gasteiger partial charge in [-0.25, -0.2) is 0 Å². The first-order chi connectivity index (χ1) is 24.1. The van der Waals surface area contributed by atoms with Crippen LogP contribution in [-0.4, -0.2) is 57.4 Å². The fraction of sp³-hybridized carbons (Fsp3) is 0.500. The van der Waals surface area contributed by atoms with Gasteiger partial charge in [0.25, 0.3) is 0 Å². The van der Waals surface area contributed by atoms with Crippen LogP contribution >= 0.6 is 0 Å². The second-order valence-corrected chi connectivity index (χ2v) is 13.9. The molecule has 0 spiro atoms. The minimum absolute atomic E-state index is 0.0195. The first-order valence-electron chi connectivity index (χ1n) is 18.1. The van der Waals surface area contributed by atoms with Crippen LogP contribution in [0.1, 0.15) is 106 Å². The minimum atomic E-state index is -1.03. The summed E-state index contributed by atoms with van der Waals surface area (Å²) in [5.41, 5.74) is 18.1. The molecule has 0 aromatic heterocycles. The van der Waals surface area contributed by atoms with Gasteiger partial charge < -0.3 is 36.6 Å². The zero-order valence-corrected chi connectivity index (χ0v) is 29.3. The summed E-state index contributed by atoms with van der Waals surface area (Å²) in [5.74, 6) is 5.82. The summed E-state index contributed by atoms with van der Waals surface area (Å²) in [6, 6.07) is 10.7. The van der Waals surface area contributed by atoms with E-state index in [2.05, 4.69) is 23.8 Å². The molecular weight excluding hydrogens is 632 g/mol. The molecule has 50 heavy (non-hydrogen) atoms. The summed E-state index contributed by atoms with van der Waals surface area (Å²) < 4.78 is 6.47. The van der Waals surface area contributed by atoms with E-state index in [1.165, 1.54) is 0 Å². The molecule has 10 nitrogen and oxygen atoms in total. The number of ketones is 1. The molecule has 2 aromatic rings. The van der Waals surface area contributed by atoms with Crippen molar-refractivity contribution in [2.24, 2.45) is 22.4 Å². The number of allylic oxidation sites excluding steroid dienone is 1. The van der Waals surface area contributed by atoms with E-state index in [4.69, 9.17) is 16.2 Å². The van der Waals surface area contributed by atoms with Crippen molar-refractivity contribution in [3.05, 3.63) is 81.7 Å². The second-order valence-electron chi connectivity index (χ2n) is 13.9. The molecule has 6 atom stereocenters. The molecular formula is C40H53N4O6+. The molecule has 3 aliphatic rings. The molecule has 3 heterocycles. The lowest BCUT2D eigenvalue weighted by Crippen LogP contribution is -3.11. The van der Waals surface area contributed by atoms with Crippen LogP contribution in [0.2, 0.25) is 0 Å². The lowest BCUT2D eigenvalue weighted by Gasteiger charge is -2.24. The SMILES string of the molecule is CCCCC[C@H](C(=O)CCc1ccc(O)c(O[C@@H]2CC#C[C@H](O)c3ccc(C(N)N)cc3CC3=C4C[NH+]2C=C4N=C3)c1)[C@H](O)C[C@H](O)CCC. The molecule has 9 N–H and O–H groups in total. The molecule has 0 saturated carbocycles. The van der Waals surface area contributed by atoms with Crippen molar-refractivity contribution in [2.45, 2.75) is 115 Å². The van der Waals surface area contributed by atoms with Crippen LogP contribution in [0.4, 0.5) is 0 Å². The monoisotopic (exact) mass is 685 g/mol. The van der Waals surface area contributed by atoms with Gasteiger partial charge in [0, 0.05) is 24.1 Å². The maximum absolute atomic E-state index is 13.4. The van der Waals surface area contributed by atoms with Crippen molar-refractivity contribution >= 4 is 12.0 Å². The third kappa shape index (κ3) is 9.29. The number of nitrogens with zero attached hydrogens (tertiary/aromatic N) is 1. The van der Waals surface area contributed by atoms with Crippen LogP contribution in [0.3, 0.4) is 0 Å². The van der Waals surface area contributed by atoms with Gasteiger partial charge in [-0.2, -0.15) is 0 Å². The van der Waals surface area contributed by atoms with Gasteiger partial charge in [0.05, 0.1) is 18.4 Å². The van der Waals surface area contributed by atoms with Crippen LogP contribution in [0.25, 0.3) is 0 Å². The first kappa shape index (κ1) is 37.4. The van der Waals surface area contributed by atoms with Crippen molar-refractivity contribution in [1.29, 1.82) is 0 Å². The van der Waals surface area contributed by atoms with Gasteiger partial charge >= 0.3 is 0 Å². The van der Waals surface area contributed by atoms with Gasteiger partial charge in [0.2, 0.25) is 6.23 Å². The van der Waals surface area contributed by atoms with Crippen LogP contribution in [-0.2, 0) is 17.6 Å². The highest BCUT2D eigenvalue weighted by atomic mass is 16.5. The van der Waals surface area contributed by atoms with E-state index in [9.17, 15) is 25.2 Å². The molecule has 2 bridgehead atoms. The molecule has 0 radical (unpaired) electrons. The van der Waals surface area contributed by atoms with Crippen molar-refractivity contribution < 1.29 is 34.9 Å². The number of Topliss-reactive ketones (excluding diaryl/α,β-unsaturated/α-hetero) is 1. The fourth-order valence-corrected chi connectivity index (χ4v) is 7.11. The summed E-state index contributed by atoms with van der Waals surface area (Å²) in [7, 11) is 0. The molecule has 0 amide bonds. The minimum Gasteiger partial charge on any atom is -0.504 e. The molecule has 0 fully saturated rings. The van der Waals surface area contributed by atoms with Gasteiger partial charge in [-0.1, -0.05) is 75.6 Å². The predicted octanol–water partition coefficient (Wildman–Crippen LogP) is 3.43. The molecule has 268 valence electrons. The van der Waals surface area contributed by atoms with E-state index in [1.807, 2.05) is 37.5 Å². The first-order valence-corrected chi connectivity index (χ1v) is 18.1. The number of ether oxygens (including phenoxy) is 1. The number of benzene rings is 2. The van der Waals surface area contributed by atoms with E-state index in [-0.39, 0.29) is 36.5 Å². The van der Waals surface area contributed by atoms with Crippen molar-refractivity contribution in [3.63, 3.8) is 0 Å². The standard InChI is InChI=1S/C40H52N4O6/c1-3-5-6-9-31(37(49)21-29(45)8-4-2)35(47)16-12-25-13-17-36(48)38(18-25)50-39-11-7-10-34(46)30-15-14-26(40(41)42)19-27(30)20-28-22-43-33-24-44(39)23-32(28)33/h13-15,17-19,22,24,29,31,34,37,39-40,45-46,48-49H,3-6,8-9,11-12,16,20-21,23,41-42H2,1-2H3/p+1/t29-,31-,34+,37-,39-/m1/s1. The number of unbranched alkanes of at least 4 members (excludes halogenated alkanes) is 2. The molecule has 5 rings (SSSR count). The lowest BCUT2D eigenvalue weighted by atomic mass is 9.85. The number of hydrogen-bond donors (Lipinski definition) is 7. The fourth-order valence-electron chi connectivity index (χ4n) is 7.11. The Morgan fingerprint density at radius 2 is 1.92 bits per heavy atom. The smallest absolute Gasteiger partial charge is 0.247 e. The van der Waals surface area contributed by atoms with Crippen molar-refractivity contribution in [1.82, 2.24) is 0 Å². The van der Waals surface area contributed by atoms with E-state index in [0.29, 0.717) is 37.8 Å². The van der Waals surface area contributed by atoms with E-state index < -0.39 is 36.6 Å². The summed E-state index contributed by atoms with van der Waals surface area (Å²) in [6.07, 6.45) is 6.72. The number of aliphatic hydroxyl groups excluding tert-OH is 3. The number of phenolic OH excluding ortho intramolecular Hbond substituents is 1. The summed E-state index contributed by atoms with van der Waals surface area (Å²) >= 11 is 0. The number of carbonyl (C=O) groups excluding carboxylic acids is 1. The maximum atomic E-state index is 13.4. The zero-order valence-electron chi connectivity index (χ0n) is 29.3. The number of quaternary nitrogens is 1. The molecule has 1 unspecified atom stereocenters. The second kappa shape index (κ2) is 17.4. The number of aryl methyl sites for hydroxylation is 1. The number of hydrogen-bond acceptors (Lipinski definition) is 9. The third-order valence-electron chi connectivity index (χ3n) is 10.0. The summed E-state index contributed by atoms with van der Waals surface area (Å²) in [6.45, 7) is 4.71. The Labute approximate surface area is 295 Å². The largest absolute Gasteiger partial charge is 0.504 e. The number of fused-ring (bicyclic) bond motifs is 2. The third-order valence-corrected chi connectivity index (χ3v) is 10.0. The number of aliphatic hydroxyl groups is 3. The van der Waals surface area contributed by atoms with Crippen LogP contribution in [0.5, 0.6) is 11.5 Å². The van der Waals surface area contributed by atoms with Gasteiger partial charge in [0.1, 0.15) is 36.7 Å². The Bertz CT molecular complexity index is 1670. The number of rotatable bonds is 16. The Morgan fingerprint density at radius 3 is 2.68 bits per heavy atom. The maximum Gasteiger partial charge on any atom is 0.247 e. The number of nitrogens with two attached hydrogens (primary N) is 2. The van der Waals surface area contributed by atoms with Crippen LogP contribution in [0.15, 0.2) is 64.4 Å². The van der Waals surface area contributed by atoms with E-state index >= 15 is 0 Å². The molecule has 2 aromatic carbocycles. The number of nitrogens with one attached hydrogen (secondary N) is 1. The van der Waals surface area contributed by atoms with Crippen LogP contribution in [0, 0.1) is 17.8 Å². The van der Waals surface area contributed by atoms with Crippen molar-refractivity contribution in [3.8, 4) is 23.3 Å². The van der Waals surface area contributed by atoms with Gasteiger partial charge in [0.15, 0.2) is 11.5 Å².